The Labute approximate surface area is 116 Å². The van der Waals surface area contributed by atoms with Gasteiger partial charge in [-0.1, -0.05) is 0 Å². The minimum atomic E-state index is -0.841. The van der Waals surface area contributed by atoms with Crippen LogP contribution in [0.25, 0.3) is 0 Å². The lowest BCUT2D eigenvalue weighted by Crippen LogP contribution is -2.42. The summed E-state index contributed by atoms with van der Waals surface area (Å²) in [6.07, 6.45) is 1.13. The molecule has 5 heteroatoms. The fraction of sp³-hybridized carbons (Fsp3) is 0.467. The van der Waals surface area contributed by atoms with E-state index in [2.05, 4.69) is 6.07 Å². The van der Waals surface area contributed by atoms with Crippen LogP contribution in [0.2, 0.25) is 0 Å². The number of carbonyl (C=O) groups is 1. The molecule has 1 amide bonds. The summed E-state index contributed by atoms with van der Waals surface area (Å²) in [5, 5.41) is 9.05. The molecule has 1 aromatic carbocycles. The molecule has 0 bridgehead atoms. The second-order valence-corrected chi connectivity index (χ2v) is 5.55. The number of carbonyl (C=O) groups excluding carboxylic acids is 1. The molecular weight excluding hydrogens is 262 g/mol. The average Bonchev–Trinajstić information content (AvgIpc) is 2.43. The molecule has 0 spiro atoms. The molecule has 20 heavy (non-hydrogen) atoms. The predicted molar refractivity (Wildman–Crippen MR) is 70.0 cm³/mol. The zero-order valence-electron chi connectivity index (χ0n) is 11.5. The van der Waals surface area contributed by atoms with E-state index in [0.717, 1.165) is 6.07 Å². The Morgan fingerprint density at radius 1 is 1.30 bits per heavy atom. The standard InChI is InChI=1S/C15H16F2N2O/c1-10-7-11(13(17)8-12(10)16)14(20)19-5-3-15(2,9-18)4-6-19/h7-8H,3-6H2,1-2H3. The monoisotopic (exact) mass is 278 g/mol. The first-order valence-corrected chi connectivity index (χ1v) is 6.52. The second-order valence-electron chi connectivity index (χ2n) is 5.55. The van der Waals surface area contributed by atoms with Crippen molar-refractivity contribution in [3.8, 4) is 6.07 Å². The Kier molecular flexibility index (Phi) is 3.76. The number of likely N-dealkylation sites (tertiary alicyclic amines) is 1. The van der Waals surface area contributed by atoms with E-state index in [9.17, 15) is 13.6 Å². The van der Waals surface area contributed by atoms with Gasteiger partial charge < -0.3 is 4.90 Å². The van der Waals surface area contributed by atoms with E-state index >= 15 is 0 Å². The fourth-order valence-electron chi connectivity index (χ4n) is 2.31. The van der Waals surface area contributed by atoms with Crippen LogP contribution in [0.1, 0.15) is 35.7 Å². The Bertz CT molecular complexity index is 584. The van der Waals surface area contributed by atoms with Crippen molar-refractivity contribution >= 4 is 5.91 Å². The van der Waals surface area contributed by atoms with Gasteiger partial charge >= 0.3 is 0 Å². The molecule has 1 aromatic rings. The number of piperidine rings is 1. The lowest BCUT2D eigenvalue weighted by atomic mass is 9.82. The first-order chi connectivity index (χ1) is 9.36. The van der Waals surface area contributed by atoms with E-state index in [1.807, 2.05) is 6.92 Å². The molecule has 0 radical (unpaired) electrons. The molecule has 3 nitrogen and oxygen atoms in total. The van der Waals surface area contributed by atoms with Crippen molar-refractivity contribution in [2.45, 2.75) is 26.7 Å². The molecule has 0 atom stereocenters. The summed E-state index contributed by atoms with van der Waals surface area (Å²) in [5.74, 6) is -1.94. The van der Waals surface area contributed by atoms with E-state index in [0.29, 0.717) is 25.9 Å². The van der Waals surface area contributed by atoms with Gasteiger partial charge in [-0.05, 0) is 38.3 Å². The van der Waals surface area contributed by atoms with E-state index in [-0.39, 0.29) is 11.1 Å². The van der Waals surface area contributed by atoms with Crippen LogP contribution in [0, 0.1) is 35.3 Å². The van der Waals surface area contributed by atoms with Gasteiger partial charge in [-0.3, -0.25) is 4.79 Å². The first kappa shape index (κ1) is 14.4. The summed E-state index contributed by atoms with van der Waals surface area (Å²) in [4.78, 5) is 13.8. The van der Waals surface area contributed by atoms with Crippen LogP contribution in [0.5, 0.6) is 0 Å². The van der Waals surface area contributed by atoms with Crippen LogP contribution >= 0.6 is 0 Å². The van der Waals surface area contributed by atoms with Crippen molar-refractivity contribution in [3.63, 3.8) is 0 Å². The predicted octanol–water partition coefficient (Wildman–Crippen LogP) is 3.04. The van der Waals surface area contributed by atoms with Gasteiger partial charge in [-0.25, -0.2) is 8.78 Å². The van der Waals surface area contributed by atoms with Crippen molar-refractivity contribution < 1.29 is 13.6 Å². The number of benzene rings is 1. The topological polar surface area (TPSA) is 44.1 Å². The minimum absolute atomic E-state index is 0.107. The Balaban J connectivity index is 2.18. The normalized spacial score (nSPS) is 17.6. The van der Waals surface area contributed by atoms with E-state index in [4.69, 9.17) is 5.26 Å². The molecule has 106 valence electrons. The number of amides is 1. The molecule has 0 N–H and O–H groups in total. The summed E-state index contributed by atoms with van der Waals surface area (Å²) < 4.78 is 26.9. The molecule has 1 heterocycles. The first-order valence-electron chi connectivity index (χ1n) is 6.52. The SMILES string of the molecule is Cc1cc(C(=O)N2CCC(C)(C#N)CC2)c(F)cc1F. The highest BCUT2D eigenvalue weighted by atomic mass is 19.1. The Morgan fingerprint density at radius 2 is 1.90 bits per heavy atom. The van der Waals surface area contributed by atoms with Gasteiger partial charge in [0, 0.05) is 19.2 Å². The molecular formula is C15H16F2N2O. The molecule has 0 unspecified atom stereocenters. The quantitative estimate of drug-likeness (QED) is 0.792. The summed E-state index contributed by atoms with van der Waals surface area (Å²) in [5.41, 5.74) is -0.285. The van der Waals surface area contributed by atoms with Crippen LogP contribution in [0.3, 0.4) is 0 Å². The maximum Gasteiger partial charge on any atom is 0.256 e. The van der Waals surface area contributed by atoms with Gasteiger partial charge in [0.2, 0.25) is 0 Å². The summed E-state index contributed by atoms with van der Waals surface area (Å²) in [6.45, 7) is 4.18. The smallest absolute Gasteiger partial charge is 0.256 e. The third kappa shape index (κ3) is 2.64. The summed E-state index contributed by atoms with van der Waals surface area (Å²) in [6, 6.07) is 4.23. The fourth-order valence-corrected chi connectivity index (χ4v) is 2.31. The highest BCUT2D eigenvalue weighted by Gasteiger charge is 2.32. The molecule has 1 aliphatic heterocycles. The molecule has 0 saturated carbocycles. The second kappa shape index (κ2) is 5.20. The van der Waals surface area contributed by atoms with Crippen molar-refractivity contribution in [2.24, 2.45) is 5.41 Å². The highest BCUT2D eigenvalue weighted by Crippen LogP contribution is 2.30. The van der Waals surface area contributed by atoms with Crippen LogP contribution in [-0.2, 0) is 0 Å². The van der Waals surface area contributed by atoms with Crippen molar-refractivity contribution in [3.05, 3.63) is 34.9 Å². The van der Waals surface area contributed by atoms with Gasteiger partial charge in [0.25, 0.3) is 5.91 Å². The van der Waals surface area contributed by atoms with Crippen LogP contribution in [0.4, 0.5) is 8.78 Å². The van der Waals surface area contributed by atoms with Crippen LogP contribution < -0.4 is 0 Å². The van der Waals surface area contributed by atoms with Gasteiger partial charge in [0.05, 0.1) is 17.0 Å². The maximum absolute atomic E-state index is 13.7. The van der Waals surface area contributed by atoms with Gasteiger partial charge in [0.1, 0.15) is 11.6 Å². The van der Waals surface area contributed by atoms with Gasteiger partial charge in [-0.2, -0.15) is 5.26 Å². The Hall–Kier alpha value is -1.96. The van der Waals surface area contributed by atoms with E-state index in [1.54, 1.807) is 0 Å². The lowest BCUT2D eigenvalue weighted by molar-refractivity contribution is 0.0657. The Morgan fingerprint density at radius 3 is 2.45 bits per heavy atom. The van der Waals surface area contributed by atoms with Crippen molar-refractivity contribution in [1.82, 2.24) is 4.90 Å². The number of hydrogen-bond acceptors (Lipinski definition) is 2. The zero-order chi connectivity index (χ0) is 14.9. The molecule has 0 aromatic heterocycles. The number of aryl methyl sites for hydroxylation is 1. The van der Waals surface area contributed by atoms with E-state index < -0.39 is 23.0 Å². The third-order valence-corrected chi connectivity index (χ3v) is 3.90. The lowest BCUT2D eigenvalue weighted by Gasteiger charge is -2.35. The van der Waals surface area contributed by atoms with Crippen LogP contribution in [-0.4, -0.2) is 23.9 Å². The number of nitrogens with zero attached hydrogens (tertiary/aromatic N) is 2. The van der Waals surface area contributed by atoms with Gasteiger partial charge in [-0.15, -0.1) is 0 Å². The summed E-state index contributed by atoms with van der Waals surface area (Å²) in [7, 11) is 0. The summed E-state index contributed by atoms with van der Waals surface area (Å²) >= 11 is 0. The van der Waals surface area contributed by atoms with Crippen molar-refractivity contribution in [2.75, 3.05) is 13.1 Å². The average molecular weight is 278 g/mol. The minimum Gasteiger partial charge on any atom is -0.338 e. The van der Waals surface area contributed by atoms with Crippen LogP contribution in [0.15, 0.2) is 12.1 Å². The van der Waals surface area contributed by atoms with Gasteiger partial charge in [0.15, 0.2) is 0 Å². The number of halogens is 2. The highest BCUT2D eigenvalue weighted by molar-refractivity contribution is 5.94. The zero-order valence-corrected chi connectivity index (χ0v) is 11.5. The molecule has 1 aliphatic rings. The number of rotatable bonds is 1. The third-order valence-electron chi connectivity index (χ3n) is 3.90. The maximum atomic E-state index is 13.7. The number of hydrogen-bond donors (Lipinski definition) is 0. The number of nitriles is 1. The molecule has 2 rings (SSSR count). The van der Waals surface area contributed by atoms with Crippen molar-refractivity contribution in [1.29, 1.82) is 5.26 Å². The molecule has 1 fully saturated rings. The largest absolute Gasteiger partial charge is 0.338 e. The molecule has 0 aliphatic carbocycles. The van der Waals surface area contributed by atoms with E-state index in [1.165, 1.54) is 17.9 Å². The molecule has 1 saturated heterocycles.